The van der Waals surface area contributed by atoms with Gasteiger partial charge in [0, 0.05) is 30.7 Å². The summed E-state index contributed by atoms with van der Waals surface area (Å²) < 4.78 is 78.4. The number of aromatic nitrogens is 1. The highest BCUT2D eigenvalue weighted by Crippen LogP contribution is 2.40. The first-order chi connectivity index (χ1) is 17.3. The van der Waals surface area contributed by atoms with Gasteiger partial charge < -0.3 is 15.7 Å². The van der Waals surface area contributed by atoms with Crippen molar-refractivity contribution < 1.29 is 41.0 Å². The summed E-state index contributed by atoms with van der Waals surface area (Å²) in [6.07, 6.45) is -5.69. The van der Waals surface area contributed by atoms with Gasteiger partial charge in [0.2, 0.25) is 5.91 Å². The van der Waals surface area contributed by atoms with E-state index in [1.807, 2.05) is 10.7 Å². The lowest BCUT2D eigenvalue weighted by atomic mass is 9.81. The fourth-order valence-electron chi connectivity index (χ4n) is 4.70. The fourth-order valence-corrected chi connectivity index (χ4v) is 5.50. The van der Waals surface area contributed by atoms with Gasteiger partial charge >= 0.3 is 12.4 Å². The van der Waals surface area contributed by atoms with Crippen LogP contribution in [0.4, 0.5) is 26.3 Å². The molecule has 7 nitrogen and oxygen atoms in total. The van der Waals surface area contributed by atoms with Crippen LogP contribution < -0.4 is 10.6 Å². The van der Waals surface area contributed by atoms with Gasteiger partial charge in [0.1, 0.15) is 10.6 Å². The molecule has 3 N–H and O–H groups in total. The van der Waals surface area contributed by atoms with E-state index in [1.54, 1.807) is 6.20 Å². The summed E-state index contributed by atoms with van der Waals surface area (Å²) in [5.41, 5.74) is -5.06. The van der Waals surface area contributed by atoms with Crippen molar-refractivity contribution in [2.45, 2.75) is 55.7 Å². The van der Waals surface area contributed by atoms with E-state index < -0.39 is 53.0 Å². The Morgan fingerprint density at radius 1 is 1.11 bits per heavy atom. The minimum absolute atomic E-state index is 0.125. The van der Waals surface area contributed by atoms with E-state index in [-0.39, 0.29) is 30.3 Å². The van der Waals surface area contributed by atoms with Crippen molar-refractivity contribution in [2.75, 3.05) is 19.6 Å². The molecule has 14 heteroatoms. The zero-order valence-corrected chi connectivity index (χ0v) is 20.1. The normalized spacial score (nSPS) is 23.4. The number of carbonyl (C=O) groups excluding carboxylic acids is 2. The number of hydrogen-bond acceptors (Lipinski definition) is 6. The first kappa shape index (κ1) is 27.3. The van der Waals surface area contributed by atoms with Crippen LogP contribution >= 0.6 is 11.3 Å². The topological polar surface area (TPSA) is 94.6 Å². The third-order valence-corrected chi connectivity index (χ3v) is 7.68. The molecule has 4 rings (SSSR count). The highest BCUT2D eigenvalue weighted by atomic mass is 32.1. The Hall–Kier alpha value is -2.71. The average molecular weight is 551 g/mol. The first-order valence-electron chi connectivity index (χ1n) is 11.5. The molecule has 37 heavy (non-hydrogen) atoms. The molecule has 0 radical (unpaired) electrons. The molecule has 0 atom stereocenters. The molecule has 1 saturated carbocycles. The number of nitrogens with zero attached hydrogens (tertiary/aromatic N) is 2. The number of benzene rings is 1. The number of carbonyl (C=O) groups is 2. The number of likely N-dealkylation sites (tertiary alicyclic amines) is 1. The van der Waals surface area contributed by atoms with Crippen LogP contribution in [0.15, 0.2) is 29.8 Å². The lowest BCUT2D eigenvalue weighted by Crippen LogP contribution is -2.63. The number of thiazole rings is 1. The molecule has 2 heterocycles. The lowest BCUT2D eigenvalue weighted by Gasteiger charge is -2.47. The molecule has 1 saturated heterocycles. The third kappa shape index (κ3) is 6.24. The Bertz CT molecular complexity index is 1120. The number of rotatable bonds is 6. The minimum Gasteiger partial charge on any atom is -0.383 e. The van der Waals surface area contributed by atoms with Gasteiger partial charge in [-0.05, 0) is 43.9 Å². The van der Waals surface area contributed by atoms with Gasteiger partial charge in [0.25, 0.3) is 5.91 Å². The number of aliphatic hydroxyl groups is 1. The molecule has 1 aromatic carbocycles. The van der Waals surface area contributed by atoms with E-state index in [0.717, 1.165) is 12.8 Å². The predicted octanol–water partition coefficient (Wildman–Crippen LogP) is 3.54. The second-order valence-corrected chi connectivity index (χ2v) is 10.2. The van der Waals surface area contributed by atoms with Crippen molar-refractivity contribution in [1.82, 2.24) is 20.5 Å². The van der Waals surface area contributed by atoms with E-state index in [4.69, 9.17) is 0 Å². The Morgan fingerprint density at radius 2 is 1.78 bits per heavy atom. The molecule has 2 fully saturated rings. The van der Waals surface area contributed by atoms with Crippen molar-refractivity contribution in [2.24, 2.45) is 0 Å². The summed E-state index contributed by atoms with van der Waals surface area (Å²) in [4.78, 5) is 30.8. The van der Waals surface area contributed by atoms with Crippen LogP contribution in [0.1, 0.15) is 52.2 Å². The maximum Gasteiger partial charge on any atom is 0.417 e. The molecule has 0 bridgehead atoms. The quantitative estimate of drug-likeness (QED) is 0.479. The first-order valence-corrected chi connectivity index (χ1v) is 12.4. The molecule has 0 spiro atoms. The van der Waals surface area contributed by atoms with Crippen LogP contribution in [-0.4, -0.2) is 58.5 Å². The van der Waals surface area contributed by atoms with Crippen LogP contribution in [0.3, 0.4) is 0 Å². The highest BCUT2D eigenvalue weighted by Gasteiger charge is 2.42. The highest BCUT2D eigenvalue weighted by molar-refractivity contribution is 7.09. The molecule has 2 aromatic rings. The van der Waals surface area contributed by atoms with Gasteiger partial charge in [-0.15, -0.1) is 11.3 Å². The zero-order chi connectivity index (χ0) is 27.0. The Labute approximate surface area is 211 Å². The van der Waals surface area contributed by atoms with Gasteiger partial charge in [0.05, 0.1) is 29.3 Å². The van der Waals surface area contributed by atoms with Crippen LogP contribution in [0.2, 0.25) is 0 Å². The van der Waals surface area contributed by atoms with E-state index >= 15 is 0 Å². The molecule has 2 aliphatic rings. The molecule has 2 amide bonds. The van der Waals surface area contributed by atoms with Gasteiger partial charge in [-0.3, -0.25) is 14.5 Å². The van der Waals surface area contributed by atoms with Crippen LogP contribution in [0, 0.1) is 0 Å². The number of nitrogens with one attached hydrogen (secondary N) is 2. The van der Waals surface area contributed by atoms with E-state index in [2.05, 4.69) is 15.2 Å². The summed E-state index contributed by atoms with van der Waals surface area (Å²) in [6, 6.07) is 0.572. The second-order valence-electron chi connectivity index (χ2n) is 9.26. The molecule has 1 aliphatic heterocycles. The van der Waals surface area contributed by atoms with Gasteiger partial charge in [-0.2, -0.15) is 26.3 Å². The Morgan fingerprint density at radius 3 is 2.35 bits per heavy atom. The standard InChI is InChI=1S/C23H24F6N4O3S/c24-22(25,26)13-1-2-17(23(27,28)29)16(9-13)19(35)31-10-18(34)32-14-11-33(12-14)15-3-5-21(36,6-4-15)20-30-7-8-37-20/h1-2,7-9,14-15,36H,3-6,10-12H2,(H,31,35)(H,32,34)/t15-,21-. The number of halogens is 6. The minimum atomic E-state index is -5.05. The van der Waals surface area contributed by atoms with Crippen molar-refractivity contribution >= 4 is 23.2 Å². The summed E-state index contributed by atoms with van der Waals surface area (Å²) >= 11 is 1.42. The third-order valence-electron chi connectivity index (χ3n) is 6.71. The molecule has 1 aliphatic carbocycles. The molecular weight excluding hydrogens is 526 g/mol. The summed E-state index contributed by atoms with van der Waals surface area (Å²) in [6.45, 7) is 0.380. The van der Waals surface area contributed by atoms with Crippen molar-refractivity contribution in [3.8, 4) is 0 Å². The SMILES string of the molecule is O=C(CNC(=O)c1cc(C(F)(F)F)ccc1C(F)(F)F)NC1CN([C@H]2CC[C@@](O)(c3nccs3)CC2)C1. The molecule has 202 valence electrons. The van der Waals surface area contributed by atoms with E-state index in [0.29, 0.717) is 30.9 Å². The number of alkyl halides is 6. The number of amides is 2. The van der Waals surface area contributed by atoms with Crippen LogP contribution in [0.25, 0.3) is 0 Å². The predicted molar refractivity (Wildman–Crippen MR) is 121 cm³/mol. The largest absolute Gasteiger partial charge is 0.417 e. The van der Waals surface area contributed by atoms with Gasteiger partial charge in [-0.1, -0.05) is 0 Å². The van der Waals surface area contributed by atoms with Crippen LogP contribution in [-0.2, 0) is 22.7 Å². The molecular formula is C23H24F6N4O3S. The maximum absolute atomic E-state index is 13.2. The average Bonchev–Trinajstić information content (AvgIpc) is 3.35. The Kier molecular flexibility index (Phi) is 7.55. The Balaban J connectivity index is 1.25. The molecule has 0 unspecified atom stereocenters. The fraction of sp³-hybridized carbons (Fsp3) is 0.522. The lowest BCUT2D eigenvalue weighted by molar-refractivity contribution is -0.141. The maximum atomic E-state index is 13.2. The van der Waals surface area contributed by atoms with Crippen molar-refractivity contribution in [1.29, 1.82) is 0 Å². The summed E-state index contributed by atoms with van der Waals surface area (Å²) in [5, 5.41) is 18.0. The smallest absolute Gasteiger partial charge is 0.383 e. The van der Waals surface area contributed by atoms with Gasteiger partial charge in [0.15, 0.2) is 0 Å². The van der Waals surface area contributed by atoms with Crippen molar-refractivity contribution in [3.05, 3.63) is 51.5 Å². The van der Waals surface area contributed by atoms with Crippen LogP contribution in [0.5, 0.6) is 0 Å². The molecule has 1 aromatic heterocycles. The van der Waals surface area contributed by atoms with Crippen molar-refractivity contribution in [3.63, 3.8) is 0 Å². The monoisotopic (exact) mass is 550 g/mol. The number of hydrogen-bond donors (Lipinski definition) is 3. The summed E-state index contributed by atoms with van der Waals surface area (Å²) in [7, 11) is 0. The van der Waals surface area contributed by atoms with E-state index in [9.17, 15) is 41.0 Å². The van der Waals surface area contributed by atoms with Gasteiger partial charge in [-0.25, -0.2) is 4.98 Å². The second kappa shape index (κ2) is 10.2. The van der Waals surface area contributed by atoms with E-state index in [1.165, 1.54) is 11.3 Å². The summed E-state index contributed by atoms with van der Waals surface area (Å²) in [5.74, 6) is -2.10. The zero-order valence-electron chi connectivity index (χ0n) is 19.3.